The first-order valence-corrected chi connectivity index (χ1v) is 16.9. The summed E-state index contributed by atoms with van der Waals surface area (Å²) >= 11 is 0. The molecule has 2 aromatic carbocycles. The summed E-state index contributed by atoms with van der Waals surface area (Å²) in [5.41, 5.74) is -0.281. The minimum absolute atomic E-state index is 0.224. The van der Waals surface area contributed by atoms with Gasteiger partial charge in [0.25, 0.3) is 15.9 Å². The van der Waals surface area contributed by atoms with E-state index in [1.165, 1.54) is 37.1 Å². The van der Waals surface area contributed by atoms with E-state index in [4.69, 9.17) is 14.2 Å². The molecule has 0 bridgehead atoms. The molecule has 1 N–H and O–H groups in total. The average Bonchev–Trinajstić information content (AvgIpc) is 3.87. The summed E-state index contributed by atoms with van der Waals surface area (Å²) in [5, 5.41) is 0. The summed E-state index contributed by atoms with van der Waals surface area (Å²) < 4.78 is 74.8. The van der Waals surface area contributed by atoms with E-state index < -0.39 is 45.0 Å². The molecule has 1 amide bonds. The van der Waals surface area contributed by atoms with Crippen LogP contribution in [0.1, 0.15) is 74.0 Å². The topological polar surface area (TPSA) is 107 Å². The van der Waals surface area contributed by atoms with Crippen molar-refractivity contribution in [3.63, 3.8) is 0 Å². The lowest BCUT2D eigenvalue weighted by Gasteiger charge is -2.32. The molecule has 12 heteroatoms. The highest BCUT2D eigenvalue weighted by atomic mass is 32.2. The van der Waals surface area contributed by atoms with E-state index in [2.05, 4.69) is 16.9 Å². The number of hydrogen-bond acceptors (Lipinski definition) is 8. The standard InChI is InChI=1S/C33H39F2N3O6S/c1-3-29(28-15-11-25(20-36-28)43-21-22-7-8-22)44-30-16-14-27(31(34)32(30)35)33(39)37-45(40,41)26-12-9-24(10-13-26)42-19-17-23-6-4-5-18-38(23)2/h9-16,20,22-23,29H,3-8,17-19,21H2,1-2H3,(H,37,39)/t23-,29-/m1/s1. The molecule has 3 aromatic rings. The van der Waals surface area contributed by atoms with Gasteiger partial charge in [-0.2, -0.15) is 4.39 Å². The molecule has 2 fully saturated rings. The second kappa shape index (κ2) is 14.6. The average molecular weight is 644 g/mol. The lowest BCUT2D eigenvalue weighted by molar-refractivity contribution is 0.0976. The van der Waals surface area contributed by atoms with Crippen LogP contribution in [-0.2, 0) is 10.0 Å². The summed E-state index contributed by atoms with van der Waals surface area (Å²) in [6.45, 7) is 4.00. The SMILES string of the molecule is CC[C@@H](Oc1ccc(C(=O)NS(=O)(=O)c2ccc(OCC[C@H]3CCCCN3C)cc2)c(F)c1F)c1ccc(OCC2CC2)cn1. The summed E-state index contributed by atoms with van der Waals surface area (Å²) in [7, 11) is -2.27. The fraction of sp³-hybridized carbons (Fsp3) is 0.455. The molecule has 1 saturated carbocycles. The lowest BCUT2D eigenvalue weighted by atomic mass is 10.0. The maximum absolute atomic E-state index is 15.0. The van der Waals surface area contributed by atoms with Crippen molar-refractivity contribution in [1.82, 2.24) is 14.6 Å². The van der Waals surface area contributed by atoms with Gasteiger partial charge in [0.2, 0.25) is 5.82 Å². The number of sulfonamides is 1. The zero-order valence-electron chi connectivity index (χ0n) is 25.5. The van der Waals surface area contributed by atoms with Gasteiger partial charge in [-0.25, -0.2) is 17.5 Å². The minimum Gasteiger partial charge on any atom is -0.494 e. The van der Waals surface area contributed by atoms with E-state index in [1.807, 2.05) is 4.72 Å². The van der Waals surface area contributed by atoms with Gasteiger partial charge < -0.3 is 19.1 Å². The number of rotatable bonds is 14. The highest BCUT2D eigenvalue weighted by Crippen LogP contribution is 2.31. The largest absolute Gasteiger partial charge is 0.494 e. The molecule has 1 aliphatic heterocycles. The molecular formula is C33H39F2N3O6S. The van der Waals surface area contributed by atoms with Crippen LogP contribution in [0.15, 0.2) is 59.6 Å². The van der Waals surface area contributed by atoms with E-state index in [-0.39, 0.29) is 4.90 Å². The Morgan fingerprint density at radius 2 is 1.76 bits per heavy atom. The van der Waals surface area contributed by atoms with Gasteiger partial charge in [0.05, 0.1) is 35.6 Å². The third-order valence-electron chi connectivity index (χ3n) is 8.21. The minimum atomic E-state index is -4.38. The van der Waals surface area contributed by atoms with Crippen molar-refractivity contribution in [1.29, 1.82) is 0 Å². The first-order valence-electron chi connectivity index (χ1n) is 15.4. The Kier molecular flexibility index (Phi) is 10.5. The number of amides is 1. The van der Waals surface area contributed by atoms with Crippen molar-refractivity contribution < 1.29 is 36.2 Å². The van der Waals surface area contributed by atoms with E-state index in [9.17, 15) is 13.2 Å². The van der Waals surface area contributed by atoms with Crippen molar-refractivity contribution in [2.24, 2.45) is 5.92 Å². The lowest BCUT2D eigenvalue weighted by Crippen LogP contribution is -2.37. The second-order valence-corrected chi connectivity index (χ2v) is 13.3. The molecule has 9 nitrogen and oxygen atoms in total. The number of likely N-dealkylation sites (tertiary alicyclic amines) is 1. The maximum atomic E-state index is 15.0. The molecule has 2 atom stereocenters. The highest BCUT2D eigenvalue weighted by molar-refractivity contribution is 7.90. The van der Waals surface area contributed by atoms with Crippen LogP contribution in [0, 0.1) is 17.6 Å². The van der Waals surface area contributed by atoms with Crippen molar-refractivity contribution in [3.8, 4) is 17.2 Å². The predicted octanol–water partition coefficient (Wildman–Crippen LogP) is 6.05. The molecule has 1 aromatic heterocycles. The number of nitrogens with one attached hydrogen (secondary N) is 1. The monoisotopic (exact) mass is 643 g/mol. The number of carbonyl (C=O) groups excluding carboxylic acids is 1. The van der Waals surface area contributed by atoms with Gasteiger partial charge in [0.1, 0.15) is 17.6 Å². The summed E-state index contributed by atoms with van der Waals surface area (Å²) in [5.74, 6) is -2.99. The number of ether oxygens (including phenoxy) is 3. The van der Waals surface area contributed by atoms with Gasteiger partial charge in [-0.15, -0.1) is 0 Å². The van der Waals surface area contributed by atoms with Crippen LogP contribution in [0.25, 0.3) is 0 Å². The Bertz CT molecular complexity index is 1570. The normalized spacial score (nSPS) is 17.8. The predicted molar refractivity (Wildman–Crippen MR) is 164 cm³/mol. The van der Waals surface area contributed by atoms with Gasteiger partial charge in [-0.3, -0.25) is 9.78 Å². The third kappa shape index (κ3) is 8.49. The van der Waals surface area contributed by atoms with Gasteiger partial charge in [-0.05, 0) is 107 Å². The Labute approximate surface area is 262 Å². The molecule has 242 valence electrons. The summed E-state index contributed by atoms with van der Waals surface area (Å²) in [6.07, 6.45) is 7.98. The number of benzene rings is 2. The van der Waals surface area contributed by atoms with Crippen molar-refractivity contribution in [2.45, 2.75) is 68.9 Å². The fourth-order valence-electron chi connectivity index (χ4n) is 5.24. The van der Waals surface area contributed by atoms with Crippen LogP contribution in [0.3, 0.4) is 0 Å². The molecular weight excluding hydrogens is 604 g/mol. The van der Waals surface area contributed by atoms with Gasteiger partial charge >= 0.3 is 0 Å². The number of piperidine rings is 1. The van der Waals surface area contributed by atoms with Crippen LogP contribution < -0.4 is 18.9 Å². The molecule has 5 rings (SSSR count). The van der Waals surface area contributed by atoms with Crippen molar-refractivity contribution in [2.75, 3.05) is 26.8 Å². The highest BCUT2D eigenvalue weighted by Gasteiger charge is 2.26. The summed E-state index contributed by atoms with van der Waals surface area (Å²) in [6, 6.07) is 11.5. The quantitative estimate of drug-likeness (QED) is 0.226. The van der Waals surface area contributed by atoms with Gasteiger partial charge in [0.15, 0.2) is 11.6 Å². The van der Waals surface area contributed by atoms with E-state index >= 15 is 8.78 Å². The van der Waals surface area contributed by atoms with E-state index in [1.54, 1.807) is 25.3 Å². The number of halogens is 2. The Morgan fingerprint density at radius 1 is 1.00 bits per heavy atom. The first-order chi connectivity index (χ1) is 21.6. The zero-order valence-corrected chi connectivity index (χ0v) is 26.3. The van der Waals surface area contributed by atoms with Crippen LogP contribution in [-0.4, -0.2) is 57.1 Å². The molecule has 2 aliphatic rings. The van der Waals surface area contributed by atoms with E-state index in [0.29, 0.717) is 48.8 Å². The molecule has 45 heavy (non-hydrogen) atoms. The number of nitrogens with zero attached hydrogens (tertiary/aromatic N) is 2. The van der Waals surface area contributed by atoms with Crippen LogP contribution in [0.5, 0.6) is 17.2 Å². The zero-order chi connectivity index (χ0) is 32.0. The number of carbonyl (C=O) groups is 1. The van der Waals surface area contributed by atoms with Crippen LogP contribution in [0.4, 0.5) is 8.78 Å². The molecule has 0 spiro atoms. The Balaban J connectivity index is 1.17. The molecule has 1 aliphatic carbocycles. The number of pyridine rings is 1. The van der Waals surface area contributed by atoms with Crippen molar-refractivity contribution >= 4 is 15.9 Å². The first kappa shape index (κ1) is 32.6. The van der Waals surface area contributed by atoms with Gasteiger partial charge in [0, 0.05) is 6.04 Å². The Hall–Kier alpha value is -3.77. The molecule has 1 saturated heterocycles. The molecule has 0 unspecified atom stereocenters. The van der Waals surface area contributed by atoms with Gasteiger partial charge in [-0.1, -0.05) is 13.3 Å². The number of aromatic nitrogens is 1. The molecule has 0 radical (unpaired) electrons. The summed E-state index contributed by atoms with van der Waals surface area (Å²) in [4.78, 5) is 19.2. The molecule has 2 heterocycles. The van der Waals surface area contributed by atoms with Crippen LogP contribution >= 0.6 is 0 Å². The Morgan fingerprint density at radius 3 is 2.42 bits per heavy atom. The van der Waals surface area contributed by atoms with Crippen molar-refractivity contribution in [3.05, 3.63) is 77.6 Å². The third-order valence-corrected chi connectivity index (χ3v) is 9.55. The maximum Gasteiger partial charge on any atom is 0.268 e. The fourth-order valence-corrected chi connectivity index (χ4v) is 6.21. The number of hydrogen-bond donors (Lipinski definition) is 1. The van der Waals surface area contributed by atoms with Crippen LogP contribution in [0.2, 0.25) is 0 Å². The second-order valence-electron chi connectivity index (χ2n) is 11.6. The van der Waals surface area contributed by atoms with E-state index in [0.717, 1.165) is 44.4 Å². The smallest absolute Gasteiger partial charge is 0.268 e.